The van der Waals surface area contributed by atoms with E-state index in [1.54, 1.807) is 6.92 Å². The van der Waals surface area contributed by atoms with Crippen molar-refractivity contribution in [3.05, 3.63) is 32.7 Å². The fourth-order valence-corrected chi connectivity index (χ4v) is 0.852. The molecule has 70 valence electrons. The van der Waals surface area contributed by atoms with Crippen LogP contribution in [0.4, 0.5) is 5.69 Å². The van der Waals surface area contributed by atoms with Crippen molar-refractivity contribution in [3.8, 4) is 5.75 Å². The molecule has 6 nitrogen and oxygen atoms in total. The number of aromatic amines is 1. The Morgan fingerprint density at radius 3 is 2.85 bits per heavy atom. The lowest BCUT2D eigenvalue weighted by Crippen LogP contribution is -2.12. The van der Waals surface area contributed by atoms with E-state index in [1.807, 2.05) is 0 Å². The molecule has 0 bridgehead atoms. The molecule has 0 spiro atoms. The number of aromatic nitrogens is 1. The van der Waals surface area contributed by atoms with Gasteiger partial charge in [-0.3, -0.25) is 14.9 Å². The van der Waals surface area contributed by atoms with Crippen LogP contribution in [0.25, 0.3) is 0 Å². The van der Waals surface area contributed by atoms with Gasteiger partial charge in [0.05, 0.1) is 17.7 Å². The van der Waals surface area contributed by atoms with Crippen LogP contribution in [-0.2, 0) is 0 Å². The van der Waals surface area contributed by atoms with Crippen molar-refractivity contribution in [2.75, 3.05) is 6.61 Å². The molecule has 1 aromatic rings. The van der Waals surface area contributed by atoms with Gasteiger partial charge in [-0.05, 0) is 6.92 Å². The van der Waals surface area contributed by atoms with Crippen LogP contribution in [0.5, 0.6) is 5.75 Å². The smallest absolute Gasteiger partial charge is 0.336 e. The maximum atomic E-state index is 11.2. The summed E-state index contributed by atoms with van der Waals surface area (Å²) in [5, 5.41) is 10.3. The summed E-state index contributed by atoms with van der Waals surface area (Å²) in [5.74, 6) is -0.0308. The van der Waals surface area contributed by atoms with Crippen molar-refractivity contribution in [2.24, 2.45) is 0 Å². The number of rotatable bonds is 3. The highest BCUT2D eigenvalue weighted by Crippen LogP contribution is 2.07. The summed E-state index contributed by atoms with van der Waals surface area (Å²) in [6, 6.07) is 0. The van der Waals surface area contributed by atoms with E-state index in [1.165, 1.54) is 6.20 Å². The summed E-state index contributed by atoms with van der Waals surface area (Å²) in [7, 11) is 0. The third kappa shape index (κ3) is 1.84. The number of nitrogens with zero attached hydrogens (tertiary/aromatic N) is 1. The van der Waals surface area contributed by atoms with E-state index >= 15 is 0 Å². The first-order chi connectivity index (χ1) is 6.16. The van der Waals surface area contributed by atoms with Crippen LogP contribution < -0.4 is 10.2 Å². The van der Waals surface area contributed by atoms with Gasteiger partial charge in [-0.25, -0.2) is 0 Å². The molecule has 13 heavy (non-hydrogen) atoms. The maximum absolute atomic E-state index is 11.2. The summed E-state index contributed by atoms with van der Waals surface area (Å²) in [6.07, 6.45) is 2.32. The molecule has 0 aromatic carbocycles. The predicted octanol–water partition coefficient (Wildman–Crippen LogP) is 0.682. The standard InChI is InChI=1S/C7H8N2O4/c1-2-13-6-4-8-3-5(7(6)10)9(11)12/h3-4H,2H2,1H3,(H,8,10). The first-order valence-corrected chi connectivity index (χ1v) is 3.65. The molecule has 0 amide bonds. The molecule has 0 saturated heterocycles. The quantitative estimate of drug-likeness (QED) is 0.552. The highest BCUT2D eigenvalue weighted by atomic mass is 16.6. The van der Waals surface area contributed by atoms with Crippen LogP contribution in [0, 0.1) is 10.1 Å². The Bertz CT molecular complexity index is 371. The highest BCUT2D eigenvalue weighted by Gasteiger charge is 2.15. The summed E-state index contributed by atoms with van der Waals surface area (Å²) in [4.78, 5) is 23.2. The zero-order chi connectivity index (χ0) is 9.84. The van der Waals surface area contributed by atoms with Crippen LogP contribution in [0.15, 0.2) is 17.2 Å². The SMILES string of the molecule is CCOc1c[nH]cc([N+](=O)[O-])c1=O. The molecule has 0 radical (unpaired) electrons. The topological polar surface area (TPSA) is 85.2 Å². The van der Waals surface area contributed by atoms with Gasteiger partial charge in [0.25, 0.3) is 5.43 Å². The van der Waals surface area contributed by atoms with Crippen molar-refractivity contribution in [2.45, 2.75) is 6.92 Å². The fourth-order valence-electron chi connectivity index (χ4n) is 0.852. The molecule has 1 heterocycles. The van der Waals surface area contributed by atoms with Gasteiger partial charge in [-0.1, -0.05) is 0 Å². The maximum Gasteiger partial charge on any atom is 0.336 e. The lowest BCUT2D eigenvalue weighted by atomic mass is 10.4. The Morgan fingerprint density at radius 2 is 2.31 bits per heavy atom. The second kappa shape index (κ2) is 3.70. The lowest BCUT2D eigenvalue weighted by molar-refractivity contribution is -0.386. The van der Waals surface area contributed by atoms with Gasteiger partial charge in [0, 0.05) is 6.20 Å². The number of H-pyrrole nitrogens is 1. The molecule has 1 N–H and O–H groups in total. The average molecular weight is 184 g/mol. The van der Waals surface area contributed by atoms with Crippen molar-refractivity contribution in [1.29, 1.82) is 0 Å². The van der Waals surface area contributed by atoms with E-state index in [0.717, 1.165) is 6.20 Å². The number of nitrogens with one attached hydrogen (secondary N) is 1. The molecule has 0 aliphatic rings. The minimum Gasteiger partial charge on any atom is -0.488 e. The van der Waals surface area contributed by atoms with Crippen molar-refractivity contribution >= 4 is 5.69 Å². The van der Waals surface area contributed by atoms with Crippen LogP contribution in [0.1, 0.15) is 6.92 Å². The molecule has 0 fully saturated rings. The van der Waals surface area contributed by atoms with E-state index < -0.39 is 16.0 Å². The Balaban J connectivity index is 3.19. The molecule has 1 rings (SSSR count). The van der Waals surface area contributed by atoms with Crippen LogP contribution in [0.3, 0.4) is 0 Å². The number of hydrogen-bond acceptors (Lipinski definition) is 4. The monoisotopic (exact) mass is 184 g/mol. The second-order valence-electron chi connectivity index (χ2n) is 2.22. The normalized spacial score (nSPS) is 9.62. The van der Waals surface area contributed by atoms with Crippen LogP contribution >= 0.6 is 0 Å². The first-order valence-electron chi connectivity index (χ1n) is 3.65. The predicted molar refractivity (Wildman–Crippen MR) is 44.9 cm³/mol. The van der Waals surface area contributed by atoms with Gasteiger partial charge in [-0.15, -0.1) is 0 Å². The van der Waals surface area contributed by atoms with E-state index in [9.17, 15) is 14.9 Å². The molecule has 0 aliphatic heterocycles. The van der Waals surface area contributed by atoms with Gasteiger partial charge >= 0.3 is 5.69 Å². The van der Waals surface area contributed by atoms with E-state index in [0.29, 0.717) is 6.61 Å². The molecular weight excluding hydrogens is 176 g/mol. The largest absolute Gasteiger partial charge is 0.488 e. The van der Waals surface area contributed by atoms with Gasteiger partial charge in [0.15, 0.2) is 5.75 Å². The lowest BCUT2D eigenvalue weighted by Gasteiger charge is -1.99. The third-order valence-electron chi connectivity index (χ3n) is 1.39. The van der Waals surface area contributed by atoms with E-state index in [-0.39, 0.29) is 5.75 Å². The number of nitro groups is 1. The molecule has 0 unspecified atom stereocenters. The second-order valence-corrected chi connectivity index (χ2v) is 2.22. The third-order valence-corrected chi connectivity index (χ3v) is 1.39. The Kier molecular flexibility index (Phi) is 2.63. The van der Waals surface area contributed by atoms with E-state index in [4.69, 9.17) is 4.74 Å². The summed E-state index contributed by atoms with van der Waals surface area (Å²) in [5.41, 5.74) is -1.21. The zero-order valence-corrected chi connectivity index (χ0v) is 6.94. The molecule has 6 heteroatoms. The Hall–Kier alpha value is -1.85. The minimum atomic E-state index is -0.749. The molecule has 1 aromatic heterocycles. The van der Waals surface area contributed by atoms with Crippen molar-refractivity contribution in [3.63, 3.8) is 0 Å². The Morgan fingerprint density at radius 1 is 1.62 bits per heavy atom. The van der Waals surface area contributed by atoms with Crippen LogP contribution in [-0.4, -0.2) is 16.5 Å². The average Bonchev–Trinajstić information content (AvgIpc) is 2.08. The number of hydrogen-bond donors (Lipinski definition) is 1. The molecular formula is C7H8N2O4. The zero-order valence-electron chi connectivity index (χ0n) is 6.94. The summed E-state index contributed by atoms with van der Waals surface area (Å²) >= 11 is 0. The van der Waals surface area contributed by atoms with Gasteiger partial charge < -0.3 is 9.72 Å². The summed E-state index contributed by atoms with van der Waals surface area (Å²) < 4.78 is 4.88. The number of ether oxygens (including phenoxy) is 1. The van der Waals surface area contributed by atoms with Crippen molar-refractivity contribution in [1.82, 2.24) is 4.98 Å². The van der Waals surface area contributed by atoms with Crippen molar-refractivity contribution < 1.29 is 9.66 Å². The van der Waals surface area contributed by atoms with Gasteiger partial charge in [-0.2, -0.15) is 0 Å². The van der Waals surface area contributed by atoms with E-state index in [2.05, 4.69) is 4.98 Å². The summed E-state index contributed by atoms with van der Waals surface area (Å²) in [6.45, 7) is 1.99. The number of pyridine rings is 1. The first kappa shape index (κ1) is 9.24. The Labute approximate surface area is 73.3 Å². The van der Waals surface area contributed by atoms with Gasteiger partial charge in [0.2, 0.25) is 0 Å². The van der Waals surface area contributed by atoms with Crippen LogP contribution in [0.2, 0.25) is 0 Å². The minimum absolute atomic E-state index is 0.0308. The highest BCUT2D eigenvalue weighted by molar-refractivity contribution is 5.33. The molecule has 0 saturated carbocycles. The fraction of sp³-hybridized carbons (Fsp3) is 0.286. The molecule has 0 aliphatic carbocycles. The molecule has 0 atom stereocenters. The van der Waals surface area contributed by atoms with Gasteiger partial charge in [0.1, 0.15) is 0 Å².